The second-order valence-corrected chi connectivity index (χ2v) is 8.14. The number of para-hydroxylation sites is 2. The smallest absolute Gasteiger partial charge is 0.410 e. The second-order valence-electron chi connectivity index (χ2n) is 5.98. The Kier molecular flexibility index (Phi) is 5.60. The number of benzene rings is 2. The van der Waals surface area contributed by atoms with E-state index in [0.717, 1.165) is 0 Å². The zero-order chi connectivity index (χ0) is 19.3. The minimum Gasteiger partial charge on any atom is -0.410 e. The van der Waals surface area contributed by atoms with E-state index in [9.17, 15) is 18.0 Å². The molecule has 1 heterocycles. The molecule has 0 aromatic heterocycles. The Morgan fingerprint density at radius 1 is 0.741 bits per heavy atom. The number of ether oxygens (including phenoxy) is 2. The lowest BCUT2D eigenvalue weighted by atomic mass is 10.2. The molecular weight excluding hydrogens is 372 g/mol. The molecule has 0 spiro atoms. The molecule has 2 aromatic carbocycles. The highest BCUT2D eigenvalue weighted by Gasteiger charge is 2.40. The van der Waals surface area contributed by atoms with Gasteiger partial charge in [-0.25, -0.2) is 18.0 Å². The van der Waals surface area contributed by atoms with Gasteiger partial charge in [-0.05, 0) is 24.3 Å². The Hall–Kier alpha value is -3.07. The van der Waals surface area contributed by atoms with Crippen LogP contribution in [0, 0.1) is 0 Å². The van der Waals surface area contributed by atoms with Gasteiger partial charge in [0.25, 0.3) is 0 Å². The number of nitrogens with one attached hydrogen (secondary N) is 2. The first-order chi connectivity index (χ1) is 12.9. The van der Waals surface area contributed by atoms with E-state index in [0.29, 0.717) is 11.5 Å². The second kappa shape index (κ2) is 8.09. The molecule has 1 fully saturated rings. The maximum atomic E-state index is 12.0. The summed E-state index contributed by atoms with van der Waals surface area (Å²) in [6.45, 7) is 0. The van der Waals surface area contributed by atoms with Gasteiger partial charge in [-0.1, -0.05) is 36.4 Å². The lowest BCUT2D eigenvalue weighted by molar-refractivity contribution is 0.186. The van der Waals surface area contributed by atoms with Crippen LogP contribution < -0.4 is 20.1 Å². The molecule has 1 saturated heterocycles. The third kappa shape index (κ3) is 5.45. The maximum Gasteiger partial charge on any atom is 0.412 e. The molecule has 0 aliphatic carbocycles. The van der Waals surface area contributed by atoms with E-state index in [1.165, 1.54) is 0 Å². The van der Waals surface area contributed by atoms with Gasteiger partial charge in [-0.15, -0.1) is 0 Å². The minimum atomic E-state index is -3.42. The molecule has 27 heavy (non-hydrogen) atoms. The number of rotatable bonds is 4. The van der Waals surface area contributed by atoms with Gasteiger partial charge < -0.3 is 20.1 Å². The standard InChI is InChI=1S/C18H18N2O6S/c21-17(25-13-7-3-1-4-8-13)19-15-11-27(23,24)12-16(15)20-18(22)26-14-9-5-2-6-10-14/h1-10,15-16H,11-12H2,(H,19,21)(H,20,22)/t15-,16-/m0/s1. The Morgan fingerprint density at radius 2 is 1.11 bits per heavy atom. The first kappa shape index (κ1) is 18.7. The quantitative estimate of drug-likeness (QED) is 0.823. The summed E-state index contributed by atoms with van der Waals surface area (Å²) >= 11 is 0. The van der Waals surface area contributed by atoms with Crippen molar-refractivity contribution >= 4 is 22.0 Å². The highest BCUT2D eigenvalue weighted by atomic mass is 32.2. The van der Waals surface area contributed by atoms with Gasteiger partial charge in [-0.3, -0.25) is 0 Å². The average Bonchev–Trinajstić information content (AvgIpc) is 2.89. The summed E-state index contributed by atoms with van der Waals surface area (Å²) < 4.78 is 34.1. The lowest BCUT2D eigenvalue weighted by Gasteiger charge is -2.20. The highest BCUT2D eigenvalue weighted by Crippen LogP contribution is 2.15. The van der Waals surface area contributed by atoms with Crippen LogP contribution in [0.4, 0.5) is 9.59 Å². The van der Waals surface area contributed by atoms with Crippen LogP contribution in [0.2, 0.25) is 0 Å². The Bertz CT molecular complexity index is 832. The molecule has 0 unspecified atom stereocenters. The van der Waals surface area contributed by atoms with Gasteiger partial charge in [0.05, 0.1) is 23.6 Å². The molecule has 1 aliphatic rings. The van der Waals surface area contributed by atoms with Crippen LogP contribution in [0.5, 0.6) is 11.5 Å². The fourth-order valence-electron chi connectivity index (χ4n) is 2.68. The molecule has 2 aromatic rings. The van der Waals surface area contributed by atoms with E-state index in [1.807, 2.05) is 0 Å². The molecule has 0 saturated carbocycles. The van der Waals surface area contributed by atoms with Crippen LogP contribution in [0.25, 0.3) is 0 Å². The van der Waals surface area contributed by atoms with Crippen molar-refractivity contribution < 1.29 is 27.5 Å². The summed E-state index contributed by atoms with van der Waals surface area (Å²) in [4.78, 5) is 24.1. The van der Waals surface area contributed by atoms with Crippen LogP contribution in [-0.2, 0) is 9.84 Å². The highest BCUT2D eigenvalue weighted by molar-refractivity contribution is 7.91. The Morgan fingerprint density at radius 3 is 1.48 bits per heavy atom. The van der Waals surface area contributed by atoms with Crippen molar-refractivity contribution in [1.29, 1.82) is 0 Å². The summed E-state index contributed by atoms with van der Waals surface area (Å²) in [5.74, 6) is 0.0491. The molecule has 3 rings (SSSR count). The third-order valence-electron chi connectivity index (χ3n) is 3.87. The summed E-state index contributed by atoms with van der Waals surface area (Å²) in [5, 5.41) is 4.98. The van der Waals surface area contributed by atoms with Crippen molar-refractivity contribution in [3.63, 3.8) is 0 Å². The number of hydrogen-bond acceptors (Lipinski definition) is 6. The van der Waals surface area contributed by atoms with E-state index < -0.39 is 34.1 Å². The summed E-state index contributed by atoms with van der Waals surface area (Å²) in [6.07, 6.45) is -1.60. The topological polar surface area (TPSA) is 111 Å². The monoisotopic (exact) mass is 390 g/mol. The molecule has 8 nitrogen and oxygen atoms in total. The van der Waals surface area contributed by atoms with E-state index in [1.54, 1.807) is 60.7 Å². The van der Waals surface area contributed by atoms with Gasteiger partial charge in [0.2, 0.25) is 0 Å². The van der Waals surface area contributed by atoms with Crippen molar-refractivity contribution in [3.05, 3.63) is 60.7 Å². The third-order valence-corrected chi connectivity index (χ3v) is 5.60. The Labute approximate surface area is 156 Å². The van der Waals surface area contributed by atoms with Gasteiger partial charge in [0.1, 0.15) is 11.5 Å². The molecule has 2 N–H and O–H groups in total. The van der Waals surface area contributed by atoms with Crippen molar-refractivity contribution in [2.24, 2.45) is 0 Å². The molecule has 1 aliphatic heterocycles. The first-order valence-corrected chi connectivity index (χ1v) is 10.0. The normalized spacial score (nSPS) is 20.4. The van der Waals surface area contributed by atoms with Gasteiger partial charge in [0.15, 0.2) is 9.84 Å². The maximum absolute atomic E-state index is 12.0. The SMILES string of the molecule is O=C(N[C@H]1CS(=O)(=O)C[C@@H]1NC(=O)Oc1ccccc1)Oc1ccccc1. The predicted octanol–water partition coefficient (Wildman–Crippen LogP) is 1.73. The molecule has 2 atom stereocenters. The lowest BCUT2D eigenvalue weighted by Crippen LogP contribution is -2.52. The summed E-state index contributed by atoms with van der Waals surface area (Å²) in [6, 6.07) is 15.1. The minimum absolute atomic E-state index is 0.298. The zero-order valence-corrected chi connectivity index (χ0v) is 15.0. The molecule has 142 valence electrons. The number of sulfone groups is 1. The number of hydrogen-bond donors (Lipinski definition) is 2. The van der Waals surface area contributed by atoms with Crippen LogP contribution in [0.15, 0.2) is 60.7 Å². The predicted molar refractivity (Wildman–Crippen MR) is 97.4 cm³/mol. The van der Waals surface area contributed by atoms with E-state index in [4.69, 9.17) is 9.47 Å². The number of amides is 2. The van der Waals surface area contributed by atoms with Crippen LogP contribution >= 0.6 is 0 Å². The average molecular weight is 390 g/mol. The molecule has 0 radical (unpaired) electrons. The van der Waals surface area contributed by atoms with Crippen molar-refractivity contribution in [3.8, 4) is 11.5 Å². The molecule has 2 amide bonds. The van der Waals surface area contributed by atoms with E-state index in [2.05, 4.69) is 10.6 Å². The van der Waals surface area contributed by atoms with Crippen molar-refractivity contribution in [1.82, 2.24) is 10.6 Å². The Balaban J connectivity index is 1.60. The van der Waals surface area contributed by atoms with E-state index >= 15 is 0 Å². The van der Waals surface area contributed by atoms with E-state index in [-0.39, 0.29) is 11.5 Å². The van der Waals surface area contributed by atoms with Gasteiger partial charge in [0, 0.05) is 0 Å². The van der Waals surface area contributed by atoms with Crippen LogP contribution in [-0.4, -0.2) is 44.2 Å². The van der Waals surface area contributed by atoms with Crippen LogP contribution in [0.1, 0.15) is 0 Å². The van der Waals surface area contributed by atoms with Gasteiger partial charge >= 0.3 is 12.2 Å². The van der Waals surface area contributed by atoms with Crippen molar-refractivity contribution in [2.45, 2.75) is 12.1 Å². The summed E-state index contributed by atoms with van der Waals surface area (Å²) in [5.41, 5.74) is 0. The molecular formula is C18H18N2O6S. The number of carbonyl (C=O) groups excluding carboxylic acids is 2. The molecule has 9 heteroatoms. The zero-order valence-electron chi connectivity index (χ0n) is 14.2. The van der Waals surface area contributed by atoms with Gasteiger partial charge in [-0.2, -0.15) is 0 Å². The fourth-order valence-corrected chi connectivity index (χ4v) is 4.55. The molecule has 0 bridgehead atoms. The van der Waals surface area contributed by atoms with Crippen LogP contribution in [0.3, 0.4) is 0 Å². The fraction of sp³-hybridized carbons (Fsp3) is 0.222. The van der Waals surface area contributed by atoms with Crippen molar-refractivity contribution in [2.75, 3.05) is 11.5 Å². The first-order valence-electron chi connectivity index (χ1n) is 8.18. The largest absolute Gasteiger partial charge is 0.412 e. The number of carbonyl (C=O) groups is 2. The summed E-state index contributed by atoms with van der Waals surface area (Å²) in [7, 11) is -3.42.